The summed E-state index contributed by atoms with van der Waals surface area (Å²) in [5.41, 5.74) is 1.43. The van der Waals surface area contributed by atoms with Crippen LogP contribution in [0.3, 0.4) is 0 Å². The Morgan fingerprint density at radius 2 is 2.25 bits per heavy atom. The molecule has 0 bridgehead atoms. The lowest BCUT2D eigenvalue weighted by Crippen LogP contribution is -2.56. The average Bonchev–Trinajstić information content (AvgIpc) is 2.53. The largest absolute Gasteiger partial charge is 0.486 e. The fourth-order valence-electron chi connectivity index (χ4n) is 3.00. The van der Waals surface area contributed by atoms with Crippen LogP contribution in [0.25, 0.3) is 0 Å². The Morgan fingerprint density at radius 1 is 1.42 bits per heavy atom. The average molecular weight is 330 g/mol. The highest BCUT2D eigenvalue weighted by Gasteiger charge is 2.39. The Labute approximate surface area is 141 Å². The van der Waals surface area contributed by atoms with E-state index in [2.05, 4.69) is 9.88 Å². The predicted molar refractivity (Wildman–Crippen MR) is 90.3 cm³/mol. The van der Waals surface area contributed by atoms with Crippen LogP contribution in [0.1, 0.15) is 24.5 Å². The Balaban J connectivity index is 1.71. The van der Waals surface area contributed by atoms with Crippen LogP contribution in [0.15, 0.2) is 42.7 Å². The van der Waals surface area contributed by atoms with Crippen LogP contribution >= 0.6 is 0 Å². The molecule has 1 aliphatic rings. The van der Waals surface area contributed by atoms with Gasteiger partial charge in [-0.25, -0.2) is 4.39 Å². The zero-order chi connectivity index (χ0) is 17.2. The van der Waals surface area contributed by atoms with Gasteiger partial charge in [0.15, 0.2) is 0 Å². The minimum Gasteiger partial charge on any atom is -0.486 e. The van der Waals surface area contributed by atoms with E-state index in [0.29, 0.717) is 18.7 Å². The lowest BCUT2D eigenvalue weighted by Gasteiger charge is -2.42. The van der Waals surface area contributed by atoms with Gasteiger partial charge in [-0.15, -0.1) is 0 Å². The van der Waals surface area contributed by atoms with Crippen LogP contribution in [-0.2, 0) is 6.54 Å². The number of aryl methyl sites for hydroxylation is 1. The predicted octanol–water partition coefficient (Wildman–Crippen LogP) is 2.93. The van der Waals surface area contributed by atoms with Gasteiger partial charge in [0.1, 0.15) is 23.3 Å². The number of halogens is 1. The molecule has 5 heteroatoms. The van der Waals surface area contributed by atoms with Crippen LogP contribution in [-0.4, -0.2) is 39.8 Å². The first-order valence-corrected chi connectivity index (χ1v) is 8.20. The SMILES string of the molecule is Cc1cnccc1CN1CC[C@@](C)(O)[C@H](Oc2cccc(F)c2)C1. The molecule has 0 saturated carbocycles. The Kier molecular flexibility index (Phi) is 4.83. The highest BCUT2D eigenvalue weighted by Crippen LogP contribution is 2.28. The summed E-state index contributed by atoms with van der Waals surface area (Å²) in [6.07, 6.45) is 3.85. The van der Waals surface area contributed by atoms with Crippen molar-refractivity contribution in [2.24, 2.45) is 0 Å². The first-order valence-electron chi connectivity index (χ1n) is 8.20. The van der Waals surface area contributed by atoms with Gasteiger partial charge in [-0.05, 0) is 49.6 Å². The summed E-state index contributed by atoms with van der Waals surface area (Å²) in [4.78, 5) is 6.38. The molecule has 1 saturated heterocycles. The number of hydrogen-bond acceptors (Lipinski definition) is 4. The summed E-state index contributed by atoms with van der Waals surface area (Å²) in [7, 11) is 0. The number of nitrogens with zero attached hydrogens (tertiary/aromatic N) is 2. The third-order valence-corrected chi connectivity index (χ3v) is 4.66. The number of hydrogen-bond donors (Lipinski definition) is 1. The first-order chi connectivity index (χ1) is 11.4. The van der Waals surface area contributed by atoms with E-state index in [4.69, 9.17) is 4.74 Å². The molecular weight excluding hydrogens is 307 g/mol. The molecule has 2 aromatic rings. The number of piperidine rings is 1. The third kappa shape index (κ3) is 3.91. The molecule has 3 rings (SSSR count). The molecule has 1 fully saturated rings. The quantitative estimate of drug-likeness (QED) is 0.936. The second-order valence-electron chi connectivity index (χ2n) is 6.71. The van der Waals surface area contributed by atoms with E-state index in [1.807, 2.05) is 19.2 Å². The number of pyridine rings is 1. The molecule has 4 nitrogen and oxygen atoms in total. The highest BCUT2D eigenvalue weighted by atomic mass is 19.1. The second kappa shape index (κ2) is 6.87. The molecule has 0 unspecified atom stereocenters. The number of aromatic nitrogens is 1. The maximum atomic E-state index is 13.4. The minimum absolute atomic E-state index is 0.341. The van der Waals surface area contributed by atoms with Crippen LogP contribution in [0.5, 0.6) is 5.75 Å². The van der Waals surface area contributed by atoms with Crippen molar-refractivity contribution in [1.29, 1.82) is 0 Å². The van der Waals surface area contributed by atoms with Crippen molar-refractivity contribution in [2.75, 3.05) is 13.1 Å². The number of rotatable bonds is 4. The van der Waals surface area contributed by atoms with Crippen molar-refractivity contribution >= 4 is 0 Å². The summed E-state index contributed by atoms with van der Waals surface area (Å²) < 4.78 is 19.3. The Morgan fingerprint density at radius 3 is 3.00 bits per heavy atom. The molecule has 0 aliphatic carbocycles. The van der Waals surface area contributed by atoms with Crippen LogP contribution in [0, 0.1) is 12.7 Å². The van der Waals surface area contributed by atoms with Gasteiger partial charge in [0.25, 0.3) is 0 Å². The van der Waals surface area contributed by atoms with Gasteiger partial charge in [-0.1, -0.05) is 6.07 Å². The monoisotopic (exact) mass is 330 g/mol. The highest BCUT2D eigenvalue weighted by molar-refractivity contribution is 5.24. The van der Waals surface area contributed by atoms with Crippen molar-refractivity contribution < 1.29 is 14.2 Å². The van der Waals surface area contributed by atoms with E-state index in [1.165, 1.54) is 17.7 Å². The van der Waals surface area contributed by atoms with Crippen LogP contribution in [0.4, 0.5) is 4.39 Å². The standard InChI is InChI=1S/C19H23FN2O2/c1-14-11-21-8-6-15(14)12-22-9-7-19(2,23)18(13-22)24-17-5-3-4-16(20)10-17/h3-6,8,10-11,18,23H,7,9,12-13H2,1-2H3/t18-,19-/m1/s1. The van der Waals surface area contributed by atoms with E-state index >= 15 is 0 Å². The summed E-state index contributed by atoms with van der Waals surface area (Å²) in [6.45, 7) is 5.99. The van der Waals surface area contributed by atoms with Crippen molar-refractivity contribution in [2.45, 2.75) is 38.5 Å². The number of benzene rings is 1. The lowest BCUT2D eigenvalue weighted by molar-refractivity contribution is -0.0965. The maximum Gasteiger partial charge on any atom is 0.140 e. The van der Waals surface area contributed by atoms with Gasteiger partial charge in [0, 0.05) is 38.1 Å². The van der Waals surface area contributed by atoms with Crippen LogP contribution in [0.2, 0.25) is 0 Å². The molecule has 128 valence electrons. The number of aliphatic hydroxyl groups is 1. The van der Waals surface area contributed by atoms with E-state index < -0.39 is 11.7 Å². The molecule has 1 N–H and O–H groups in total. The fourth-order valence-corrected chi connectivity index (χ4v) is 3.00. The zero-order valence-corrected chi connectivity index (χ0v) is 14.1. The second-order valence-corrected chi connectivity index (χ2v) is 6.71. The molecule has 1 aromatic carbocycles. The fraction of sp³-hybridized carbons (Fsp3) is 0.421. The van der Waals surface area contributed by atoms with Crippen LogP contribution < -0.4 is 4.74 Å². The molecule has 0 radical (unpaired) electrons. The summed E-state index contributed by atoms with van der Waals surface area (Å²) in [5, 5.41) is 10.6. The van der Waals surface area contributed by atoms with Crippen molar-refractivity contribution in [1.82, 2.24) is 9.88 Å². The van der Waals surface area contributed by atoms with E-state index in [0.717, 1.165) is 18.7 Å². The molecule has 2 heterocycles. The van der Waals surface area contributed by atoms with Gasteiger partial charge >= 0.3 is 0 Å². The van der Waals surface area contributed by atoms with Gasteiger partial charge in [-0.2, -0.15) is 0 Å². The molecule has 24 heavy (non-hydrogen) atoms. The third-order valence-electron chi connectivity index (χ3n) is 4.66. The number of likely N-dealkylation sites (tertiary alicyclic amines) is 1. The maximum absolute atomic E-state index is 13.4. The van der Waals surface area contributed by atoms with Crippen molar-refractivity contribution in [3.05, 3.63) is 59.7 Å². The molecule has 0 spiro atoms. The summed E-state index contributed by atoms with van der Waals surface area (Å²) in [6, 6.07) is 8.07. The Hall–Kier alpha value is -1.98. The van der Waals surface area contributed by atoms with E-state index in [1.54, 1.807) is 25.3 Å². The Bertz CT molecular complexity index is 705. The normalized spacial score (nSPS) is 24.8. The molecule has 1 aliphatic heterocycles. The number of ether oxygens (including phenoxy) is 1. The smallest absolute Gasteiger partial charge is 0.140 e. The summed E-state index contributed by atoms with van der Waals surface area (Å²) >= 11 is 0. The van der Waals surface area contributed by atoms with E-state index in [9.17, 15) is 9.50 Å². The minimum atomic E-state index is -0.934. The topological polar surface area (TPSA) is 45.6 Å². The first kappa shape index (κ1) is 16.9. The molecule has 0 amide bonds. The summed E-state index contributed by atoms with van der Waals surface area (Å²) in [5.74, 6) is 0.106. The molecule has 1 aromatic heterocycles. The molecular formula is C19H23FN2O2. The van der Waals surface area contributed by atoms with Gasteiger partial charge in [-0.3, -0.25) is 9.88 Å². The molecule has 2 atom stereocenters. The van der Waals surface area contributed by atoms with Crippen molar-refractivity contribution in [3.63, 3.8) is 0 Å². The lowest BCUT2D eigenvalue weighted by atomic mass is 9.90. The zero-order valence-electron chi connectivity index (χ0n) is 14.1. The van der Waals surface area contributed by atoms with Gasteiger partial charge < -0.3 is 9.84 Å². The van der Waals surface area contributed by atoms with E-state index in [-0.39, 0.29) is 5.82 Å². The van der Waals surface area contributed by atoms with Crippen molar-refractivity contribution in [3.8, 4) is 5.75 Å². The van der Waals surface area contributed by atoms with Gasteiger partial charge in [0.05, 0.1) is 0 Å². The van der Waals surface area contributed by atoms with Gasteiger partial charge in [0.2, 0.25) is 0 Å².